The number of ether oxygens (including phenoxy) is 2. The zero-order valence-corrected chi connectivity index (χ0v) is 12.5. The van der Waals surface area contributed by atoms with Gasteiger partial charge in [-0.15, -0.1) is 0 Å². The summed E-state index contributed by atoms with van der Waals surface area (Å²) in [4.78, 5) is 0. The Morgan fingerprint density at radius 2 is 1.26 bits per heavy atom. The molecule has 1 aliphatic heterocycles. The third-order valence-corrected chi connectivity index (χ3v) is 4.36. The van der Waals surface area contributed by atoms with Crippen LogP contribution >= 0.6 is 0 Å². The van der Waals surface area contributed by atoms with E-state index in [2.05, 4.69) is 39.8 Å². The van der Waals surface area contributed by atoms with Gasteiger partial charge in [-0.3, -0.25) is 0 Å². The second-order valence-corrected chi connectivity index (χ2v) is 6.53. The fourth-order valence-electron chi connectivity index (χ4n) is 3.22. The van der Waals surface area contributed by atoms with Crippen molar-refractivity contribution >= 4 is 0 Å². The highest BCUT2D eigenvalue weighted by Crippen LogP contribution is 2.52. The third-order valence-electron chi connectivity index (χ3n) is 4.36. The molecule has 104 valence electrons. The fourth-order valence-corrected chi connectivity index (χ4v) is 3.22. The smallest absolute Gasteiger partial charge is 0.251 e. The maximum absolute atomic E-state index is 6.32. The van der Waals surface area contributed by atoms with Crippen molar-refractivity contribution in [2.24, 2.45) is 0 Å². The Morgan fingerprint density at radius 3 is 1.63 bits per heavy atom. The van der Waals surface area contributed by atoms with Gasteiger partial charge in [0.1, 0.15) is 0 Å². The molecule has 1 saturated carbocycles. The summed E-state index contributed by atoms with van der Waals surface area (Å²) in [6.45, 7) is 8.86. The number of hydrogen-bond acceptors (Lipinski definition) is 2. The van der Waals surface area contributed by atoms with E-state index < -0.39 is 0 Å². The summed E-state index contributed by atoms with van der Waals surface area (Å²) in [5.41, 5.74) is 2.56. The van der Waals surface area contributed by atoms with E-state index in [4.69, 9.17) is 9.47 Å². The molecule has 0 N–H and O–H groups in total. The van der Waals surface area contributed by atoms with E-state index in [0.29, 0.717) is 11.8 Å². The Labute approximate surface area is 116 Å². The molecule has 0 bridgehead atoms. The predicted molar refractivity (Wildman–Crippen MR) is 77.1 cm³/mol. The van der Waals surface area contributed by atoms with Crippen molar-refractivity contribution < 1.29 is 9.47 Å². The monoisotopic (exact) mass is 260 g/mol. The number of fused-ring (bicyclic) bond motifs is 1. The van der Waals surface area contributed by atoms with Crippen molar-refractivity contribution in [2.45, 2.75) is 71.0 Å². The largest absolute Gasteiger partial charge is 0.448 e. The number of rotatable bonds is 2. The molecular weight excluding hydrogens is 236 g/mol. The first-order chi connectivity index (χ1) is 9.02. The maximum Gasteiger partial charge on any atom is 0.251 e. The van der Waals surface area contributed by atoms with Crippen molar-refractivity contribution in [3.8, 4) is 11.5 Å². The zero-order valence-electron chi connectivity index (χ0n) is 12.5. The second kappa shape index (κ2) is 4.43. The van der Waals surface area contributed by atoms with E-state index in [-0.39, 0.29) is 5.79 Å². The van der Waals surface area contributed by atoms with Gasteiger partial charge in [0.2, 0.25) is 0 Å². The van der Waals surface area contributed by atoms with Crippen molar-refractivity contribution in [1.82, 2.24) is 0 Å². The summed E-state index contributed by atoms with van der Waals surface area (Å²) in [5, 5.41) is 0. The van der Waals surface area contributed by atoms with Crippen molar-refractivity contribution in [3.63, 3.8) is 0 Å². The van der Waals surface area contributed by atoms with Crippen molar-refractivity contribution in [2.75, 3.05) is 0 Å². The van der Waals surface area contributed by atoms with E-state index in [0.717, 1.165) is 24.3 Å². The van der Waals surface area contributed by atoms with E-state index >= 15 is 0 Å². The molecule has 1 aliphatic carbocycles. The van der Waals surface area contributed by atoms with Gasteiger partial charge in [0.25, 0.3) is 5.79 Å². The highest BCUT2D eigenvalue weighted by atomic mass is 16.7. The normalized spacial score (nSPS) is 19.9. The minimum atomic E-state index is -0.350. The summed E-state index contributed by atoms with van der Waals surface area (Å²) in [5.74, 6) is 2.62. The van der Waals surface area contributed by atoms with Gasteiger partial charge in [0.15, 0.2) is 11.5 Å². The zero-order chi connectivity index (χ0) is 13.6. The molecule has 0 saturated heterocycles. The van der Waals surface area contributed by atoms with Crippen LogP contribution < -0.4 is 9.47 Å². The summed E-state index contributed by atoms with van der Waals surface area (Å²) in [6.07, 6.45) is 4.47. The van der Waals surface area contributed by atoms with E-state index in [1.165, 1.54) is 24.0 Å². The molecule has 1 spiro atoms. The Hall–Kier alpha value is -1.18. The Balaban J connectivity index is 2.08. The van der Waals surface area contributed by atoms with Gasteiger partial charge in [-0.25, -0.2) is 0 Å². The predicted octanol–water partition coefficient (Wildman–Crippen LogP) is 4.97. The molecule has 1 fully saturated rings. The first-order valence-electron chi connectivity index (χ1n) is 7.57. The standard InChI is InChI=1S/C17H24O2/c1-11(2)13-7-8-14(12(3)4)16-15(13)18-17(19-16)9-5-6-10-17/h7-8,11-12H,5-6,9-10H2,1-4H3. The number of hydrogen-bond donors (Lipinski definition) is 0. The van der Waals surface area contributed by atoms with Crippen LogP contribution in [-0.4, -0.2) is 5.79 Å². The molecule has 0 amide bonds. The Bertz CT molecular complexity index is 443. The molecule has 1 aromatic carbocycles. The highest BCUT2D eigenvalue weighted by Gasteiger charge is 2.46. The van der Waals surface area contributed by atoms with E-state index in [9.17, 15) is 0 Å². The first kappa shape index (κ1) is 12.8. The van der Waals surface area contributed by atoms with Crippen LogP contribution in [0.15, 0.2) is 12.1 Å². The second-order valence-electron chi connectivity index (χ2n) is 6.53. The maximum atomic E-state index is 6.32. The molecule has 2 heteroatoms. The van der Waals surface area contributed by atoms with Gasteiger partial charge in [-0.1, -0.05) is 39.8 Å². The topological polar surface area (TPSA) is 18.5 Å². The molecule has 2 nitrogen and oxygen atoms in total. The lowest BCUT2D eigenvalue weighted by Crippen LogP contribution is -2.34. The molecular formula is C17H24O2. The van der Waals surface area contributed by atoms with Crippen molar-refractivity contribution in [1.29, 1.82) is 0 Å². The lowest BCUT2D eigenvalue weighted by Gasteiger charge is -2.22. The van der Waals surface area contributed by atoms with Gasteiger partial charge in [-0.05, 0) is 24.7 Å². The molecule has 0 unspecified atom stereocenters. The fraction of sp³-hybridized carbons (Fsp3) is 0.647. The molecule has 3 rings (SSSR count). The molecule has 1 heterocycles. The minimum absolute atomic E-state index is 0.350. The summed E-state index contributed by atoms with van der Waals surface area (Å²) in [7, 11) is 0. The van der Waals surface area contributed by atoms with Gasteiger partial charge < -0.3 is 9.47 Å². The Kier molecular flexibility index (Phi) is 2.99. The van der Waals surface area contributed by atoms with Crippen LogP contribution in [0.25, 0.3) is 0 Å². The average Bonchev–Trinajstić information content (AvgIpc) is 2.94. The average molecular weight is 260 g/mol. The van der Waals surface area contributed by atoms with Crippen LogP contribution in [-0.2, 0) is 0 Å². The number of benzene rings is 1. The summed E-state index contributed by atoms with van der Waals surface area (Å²) >= 11 is 0. The molecule has 0 aromatic heterocycles. The summed E-state index contributed by atoms with van der Waals surface area (Å²) < 4.78 is 12.6. The van der Waals surface area contributed by atoms with Crippen LogP contribution in [0.4, 0.5) is 0 Å². The van der Waals surface area contributed by atoms with Gasteiger partial charge >= 0.3 is 0 Å². The minimum Gasteiger partial charge on any atom is -0.448 e. The van der Waals surface area contributed by atoms with Crippen LogP contribution in [0.3, 0.4) is 0 Å². The van der Waals surface area contributed by atoms with E-state index in [1.807, 2.05) is 0 Å². The molecule has 0 radical (unpaired) electrons. The van der Waals surface area contributed by atoms with Crippen molar-refractivity contribution in [3.05, 3.63) is 23.3 Å². The van der Waals surface area contributed by atoms with Crippen LogP contribution in [0, 0.1) is 0 Å². The first-order valence-corrected chi connectivity index (χ1v) is 7.57. The summed E-state index contributed by atoms with van der Waals surface area (Å²) in [6, 6.07) is 4.44. The van der Waals surface area contributed by atoms with Gasteiger partial charge in [0, 0.05) is 24.0 Å². The lowest BCUT2D eigenvalue weighted by molar-refractivity contribution is -0.0723. The van der Waals surface area contributed by atoms with Gasteiger partial charge in [-0.2, -0.15) is 0 Å². The van der Waals surface area contributed by atoms with Gasteiger partial charge in [0.05, 0.1) is 0 Å². The van der Waals surface area contributed by atoms with Crippen LogP contribution in [0.1, 0.15) is 76.3 Å². The third kappa shape index (κ3) is 2.01. The van der Waals surface area contributed by atoms with Crippen LogP contribution in [0.5, 0.6) is 11.5 Å². The lowest BCUT2D eigenvalue weighted by atomic mass is 9.95. The highest BCUT2D eigenvalue weighted by molar-refractivity contribution is 5.56. The molecule has 19 heavy (non-hydrogen) atoms. The van der Waals surface area contributed by atoms with E-state index in [1.54, 1.807) is 0 Å². The van der Waals surface area contributed by atoms with Crippen LogP contribution in [0.2, 0.25) is 0 Å². The molecule has 1 aromatic rings. The molecule has 2 aliphatic rings. The molecule has 0 atom stereocenters. The SMILES string of the molecule is CC(C)c1ccc(C(C)C)c2c1OC1(CCCC1)O2. The quantitative estimate of drug-likeness (QED) is 0.747. The Morgan fingerprint density at radius 1 is 0.842 bits per heavy atom.